The van der Waals surface area contributed by atoms with Crippen molar-refractivity contribution in [1.82, 2.24) is 5.32 Å². The van der Waals surface area contributed by atoms with Crippen LogP contribution in [-0.2, 0) is 0 Å². The Balaban J connectivity index is 0.000000980. The normalized spacial score (nSPS) is 25.9. The highest BCUT2D eigenvalue weighted by Gasteiger charge is 2.44. The fourth-order valence-electron chi connectivity index (χ4n) is 2.95. The molecule has 1 aliphatic carbocycles. The Bertz CT molecular complexity index is 173. The van der Waals surface area contributed by atoms with E-state index in [4.69, 9.17) is 0 Å². The van der Waals surface area contributed by atoms with E-state index in [1.54, 1.807) is 0 Å². The lowest BCUT2D eigenvalue weighted by Gasteiger charge is -2.50. The van der Waals surface area contributed by atoms with Gasteiger partial charge in [0.1, 0.15) is 0 Å². The third-order valence-electron chi connectivity index (χ3n) is 3.62. The lowest BCUT2D eigenvalue weighted by atomic mass is 9.57. The molecule has 4 heteroatoms. The smallest absolute Gasteiger partial charge is 0.238 e. The maximum atomic E-state index is 12.0. The van der Waals surface area contributed by atoms with Crippen LogP contribution in [-0.4, -0.2) is 19.5 Å². The Labute approximate surface area is 90.0 Å². The summed E-state index contributed by atoms with van der Waals surface area (Å²) in [6, 6.07) is 0. The number of halogens is 3. The number of piperidine rings is 1. The Morgan fingerprint density at radius 2 is 1.79 bits per heavy atom. The Kier molecular flexibility index (Phi) is 4.14. The van der Waals surface area contributed by atoms with E-state index in [0.717, 1.165) is 25.9 Å². The highest BCUT2D eigenvalue weighted by Crippen LogP contribution is 2.53. The molecule has 0 bridgehead atoms. The van der Waals surface area contributed by atoms with Crippen LogP contribution in [0.3, 0.4) is 0 Å². The molecule has 0 unspecified atom stereocenters. The van der Waals surface area contributed by atoms with Crippen LogP contribution in [0, 0.1) is 11.3 Å². The molecule has 2 rings (SSSR count). The largest absolute Gasteiger partial charge is 0.317 e. The molecule has 1 heterocycles. The third kappa shape index (κ3) is 2.57. The molecular formula is C10H18ClF2N. The quantitative estimate of drug-likeness (QED) is 0.762. The van der Waals surface area contributed by atoms with E-state index in [0.29, 0.717) is 11.3 Å². The van der Waals surface area contributed by atoms with Crippen LogP contribution in [0.15, 0.2) is 0 Å². The van der Waals surface area contributed by atoms with Crippen molar-refractivity contribution < 1.29 is 8.78 Å². The second kappa shape index (κ2) is 4.75. The van der Waals surface area contributed by atoms with Crippen molar-refractivity contribution in [2.45, 2.75) is 38.5 Å². The average Bonchev–Trinajstić information content (AvgIpc) is 2.02. The highest BCUT2D eigenvalue weighted by molar-refractivity contribution is 5.85. The molecule has 1 spiro atoms. The number of hydrogen-bond donors (Lipinski definition) is 1. The SMILES string of the molecule is Cl.FC(F)CC1CC2(CCNCC2)C1. The van der Waals surface area contributed by atoms with Crippen molar-refractivity contribution in [2.24, 2.45) is 11.3 Å². The molecule has 1 saturated carbocycles. The highest BCUT2D eigenvalue weighted by atomic mass is 35.5. The van der Waals surface area contributed by atoms with Gasteiger partial charge >= 0.3 is 0 Å². The summed E-state index contributed by atoms with van der Waals surface area (Å²) in [6.45, 7) is 2.17. The zero-order chi connectivity index (χ0) is 9.31. The van der Waals surface area contributed by atoms with Crippen LogP contribution in [0.2, 0.25) is 0 Å². The molecule has 0 aromatic rings. The third-order valence-corrected chi connectivity index (χ3v) is 3.62. The van der Waals surface area contributed by atoms with Crippen molar-refractivity contribution in [3.05, 3.63) is 0 Å². The minimum Gasteiger partial charge on any atom is -0.317 e. The minimum absolute atomic E-state index is 0. The molecule has 2 aliphatic rings. The zero-order valence-electron chi connectivity index (χ0n) is 8.27. The predicted molar refractivity (Wildman–Crippen MR) is 55.1 cm³/mol. The van der Waals surface area contributed by atoms with Gasteiger partial charge in [-0.1, -0.05) is 0 Å². The number of hydrogen-bond acceptors (Lipinski definition) is 1. The van der Waals surface area contributed by atoms with E-state index in [9.17, 15) is 8.78 Å². The molecule has 0 amide bonds. The van der Waals surface area contributed by atoms with Gasteiger partial charge in [-0.05, 0) is 50.1 Å². The van der Waals surface area contributed by atoms with E-state index in [1.807, 2.05) is 0 Å². The van der Waals surface area contributed by atoms with Crippen molar-refractivity contribution in [3.8, 4) is 0 Å². The van der Waals surface area contributed by atoms with Gasteiger partial charge in [0, 0.05) is 6.42 Å². The molecular weight excluding hydrogens is 208 g/mol. The van der Waals surface area contributed by atoms with Gasteiger partial charge in [-0.3, -0.25) is 0 Å². The summed E-state index contributed by atoms with van der Waals surface area (Å²) in [4.78, 5) is 0. The van der Waals surface area contributed by atoms with Gasteiger partial charge in [-0.25, -0.2) is 8.78 Å². The molecule has 0 radical (unpaired) electrons. The van der Waals surface area contributed by atoms with Crippen LogP contribution in [0.4, 0.5) is 8.78 Å². The lowest BCUT2D eigenvalue weighted by Crippen LogP contribution is -2.45. The van der Waals surface area contributed by atoms with Crippen LogP contribution in [0.5, 0.6) is 0 Å². The van der Waals surface area contributed by atoms with Gasteiger partial charge < -0.3 is 5.32 Å². The summed E-state index contributed by atoms with van der Waals surface area (Å²) in [5.41, 5.74) is 0.463. The lowest BCUT2D eigenvalue weighted by molar-refractivity contribution is -0.0136. The van der Waals surface area contributed by atoms with Crippen LogP contribution in [0.1, 0.15) is 32.1 Å². The second-order valence-electron chi connectivity index (χ2n) is 4.65. The zero-order valence-corrected chi connectivity index (χ0v) is 9.09. The summed E-state index contributed by atoms with van der Waals surface area (Å²) >= 11 is 0. The van der Waals surface area contributed by atoms with E-state index >= 15 is 0 Å². The summed E-state index contributed by atoms with van der Waals surface area (Å²) in [7, 11) is 0. The molecule has 0 atom stereocenters. The van der Waals surface area contributed by atoms with Gasteiger partial charge in [-0.15, -0.1) is 12.4 Å². The Morgan fingerprint density at radius 1 is 1.21 bits per heavy atom. The van der Waals surface area contributed by atoms with Gasteiger partial charge in [0.15, 0.2) is 0 Å². The summed E-state index contributed by atoms with van der Waals surface area (Å²) in [5, 5.41) is 3.32. The van der Waals surface area contributed by atoms with Crippen LogP contribution >= 0.6 is 12.4 Å². The molecule has 0 aromatic carbocycles. The Hall–Kier alpha value is 0.110. The first kappa shape index (κ1) is 12.2. The maximum absolute atomic E-state index is 12.0. The van der Waals surface area contributed by atoms with Crippen LogP contribution < -0.4 is 5.32 Å². The first-order valence-electron chi connectivity index (χ1n) is 5.19. The number of rotatable bonds is 2. The molecule has 0 aromatic heterocycles. The minimum atomic E-state index is -2.09. The summed E-state index contributed by atoms with van der Waals surface area (Å²) < 4.78 is 24.1. The van der Waals surface area contributed by atoms with Crippen molar-refractivity contribution in [2.75, 3.05) is 13.1 Å². The average molecular weight is 226 g/mol. The first-order chi connectivity index (χ1) is 6.20. The Morgan fingerprint density at radius 3 is 2.29 bits per heavy atom. The van der Waals surface area contributed by atoms with E-state index in [-0.39, 0.29) is 18.8 Å². The topological polar surface area (TPSA) is 12.0 Å². The second-order valence-corrected chi connectivity index (χ2v) is 4.65. The number of nitrogens with one attached hydrogen (secondary N) is 1. The fourth-order valence-corrected chi connectivity index (χ4v) is 2.95. The van der Waals surface area contributed by atoms with Crippen molar-refractivity contribution in [3.63, 3.8) is 0 Å². The number of alkyl halides is 2. The molecule has 1 N–H and O–H groups in total. The van der Waals surface area contributed by atoms with Gasteiger partial charge in [0.25, 0.3) is 0 Å². The first-order valence-corrected chi connectivity index (χ1v) is 5.19. The van der Waals surface area contributed by atoms with Crippen molar-refractivity contribution in [1.29, 1.82) is 0 Å². The molecule has 84 valence electrons. The molecule has 1 nitrogen and oxygen atoms in total. The maximum Gasteiger partial charge on any atom is 0.238 e. The molecule has 1 saturated heterocycles. The molecule has 14 heavy (non-hydrogen) atoms. The summed E-state index contributed by atoms with van der Waals surface area (Å²) in [5.74, 6) is 0.318. The fraction of sp³-hybridized carbons (Fsp3) is 1.00. The van der Waals surface area contributed by atoms with E-state index in [2.05, 4.69) is 5.32 Å². The summed E-state index contributed by atoms with van der Waals surface area (Å²) in [6.07, 6.45) is 2.55. The predicted octanol–water partition coefficient (Wildman–Crippen LogP) is 2.84. The van der Waals surface area contributed by atoms with Gasteiger partial charge in [-0.2, -0.15) is 0 Å². The van der Waals surface area contributed by atoms with Crippen LogP contribution in [0.25, 0.3) is 0 Å². The molecule has 2 fully saturated rings. The standard InChI is InChI=1S/C10H17F2N.ClH/c11-9(12)5-8-6-10(7-8)1-3-13-4-2-10;/h8-9,13H,1-7H2;1H. The molecule has 1 aliphatic heterocycles. The van der Waals surface area contributed by atoms with Gasteiger partial charge in [0.2, 0.25) is 6.43 Å². The van der Waals surface area contributed by atoms with Gasteiger partial charge in [0.05, 0.1) is 0 Å². The van der Waals surface area contributed by atoms with E-state index in [1.165, 1.54) is 12.8 Å². The van der Waals surface area contributed by atoms with Crippen molar-refractivity contribution >= 4 is 12.4 Å². The monoisotopic (exact) mass is 225 g/mol. The van der Waals surface area contributed by atoms with E-state index < -0.39 is 6.43 Å².